The number of hydrogen-bond donors (Lipinski definition) is 1. The first-order valence-electron chi connectivity index (χ1n) is 5.93. The SMILES string of the molecule is COC(=O)c1c(NC(=O)c2ccc(C)s2)c(C)nn1C. The van der Waals surface area contributed by atoms with Gasteiger partial charge in [-0.05, 0) is 26.0 Å². The van der Waals surface area contributed by atoms with E-state index in [-0.39, 0.29) is 11.6 Å². The summed E-state index contributed by atoms with van der Waals surface area (Å²) in [5.41, 5.74) is 1.18. The summed E-state index contributed by atoms with van der Waals surface area (Å²) in [7, 11) is 2.92. The molecule has 0 saturated heterocycles. The average Bonchev–Trinajstić information content (AvgIpc) is 2.94. The zero-order chi connectivity index (χ0) is 14.9. The number of aromatic nitrogens is 2. The molecule has 2 aromatic heterocycles. The Bertz CT molecular complexity index is 672. The lowest BCUT2D eigenvalue weighted by atomic mass is 10.3. The maximum absolute atomic E-state index is 12.2. The van der Waals surface area contributed by atoms with E-state index in [4.69, 9.17) is 4.74 Å². The van der Waals surface area contributed by atoms with Crippen molar-refractivity contribution in [2.24, 2.45) is 7.05 Å². The molecule has 7 heteroatoms. The van der Waals surface area contributed by atoms with Crippen LogP contribution in [0.1, 0.15) is 30.7 Å². The van der Waals surface area contributed by atoms with Gasteiger partial charge in [0, 0.05) is 11.9 Å². The van der Waals surface area contributed by atoms with Crippen molar-refractivity contribution in [3.05, 3.63) is 33.3 Å². The van der Waals surface area contributed by atoms with Gasteiger partial charge in [0.2, 0.25) is 0 Å². The van der Waals surface area contributed by atoms with Gasteiger partial charge in [0.1, 0.15) is 0 Å². The quantitative estimate of drug-likeness (QED) is 0.880. The van der Waals surface area contributed by atoms with Gasteiger partial charge in [-0.1, -0.05) is 0 Å². The van der Waals surface area contributed by atoms with Gasteiger partial charge in [0.25, 0.3) is 5.91 Å². The van der Waals surface area contributed by atoms with Crippen LogP contribution in [0.5, 0.6) is 0 Å². The number of amides is 1. The van der Waals surface area contributed by atoms with Gasteiger partial charge >= 0.3 is 5.97 Å². The number of ether oxygens (including phenoxy) is 1. The van der Waals surface area contributed by atoms with Crippen LogP contribution in [0.4, 0.5) is 5.69 Å². The number of esters is 1. The van der Waals surface area contributed by atoms with E-state index >= 15 is 0 Å². The van der Waals surface area contributed by atoms with Crippen molar-refractivity contribution < 1.29 is 14.3 Å². The van der Waals surface area contributed by atoms with E-state index in [0.717, 1.165) is 4.88 Å². The van der Waals surface area contributed by atoms with E-state index < -0.39 is 5.97 Å². The fourth-order valence-electron chi connectivity index (χ4n) is 1.87. The summed E-state index contributed by atoms with van der Waals surface area (Å²) in [6, 6.07) is 3.62. The van der Waals surface area contributed by atoms with Crippen LogP contribution < -0.4 is 5.32 Å². The van der Waals surface area contributed by atoms with E-state index in [9.17, 15) is 9.59 Å². The topological polar surface area (TPSA) is 73.2 Å². The molecule has 0 spiro atoms. The van der Waals surface area contributed by atoms with Crippen LogP contribution in [0.15, 0.2) is 12.1 Å². The number of thiophene rings is 1. The van der Waals surface area contributed by atoms with Crippen LogP contribution in [-0.2, 0) is 11.8 Å². The molecular formula is C13H15N3O3S. The summed E-state index contributed by atoms with van der Waals surface area (Å²) in [5, 5.41) is 6.87. The highest BCUT2D eigenvalue weighted by molar-refractivity contribution is 7.14. The Labute approximate surface area is 120 Å². The third kappa shape index (κ3) is 2.57. The summed E-state index contributed by atoms with van der Waals surface area (Å²) in [5.74, 6) is -0.796. The standard InChI is InChI=1S/C13H15N3O3S/c1-7-5-6-9(20-7)12(17)14-10-8(2)15-16(3)11(10)13(18)19-4/h5-6H,1-4H3,(H,14,17). The van der Waals surface area contributed by atoms with E-state index in [2.05, 4.69) is 10.4 Å². The van der Waals surface area contributed by atoms with Crippen LogP contribution in [0, 0.1) is 13.8 Å². The molecule has 0 bridgehead atoms. The molecule has 0 aliphatic rings. The minimum absolute atomic E-state index is 0.228. The number of nitrogens with zero attached hydrogens (tertiary/aromatic N) is 2. The van der Waals surface area contributed by atoms with Gasteiger partial charge in [0.15, 0.2) is 5.69 Å². The third-order valence-electron chi connectivity index (χ3n) is 2.80. The number of rotatable bonds is 3. The second kappa shape index (κ2) is 5.46. The van der Waals surface area contributed by atoms with Crippen molar-refractivity contribution in [1.29, 1.82) is 0 Å². The lowest BCUT2D eigenvalue weighted by Crippen LogP contribution is -2.16. The van der Waals surface area contributed by atoms with E-state index in [1.807, 2.05) is 13.0 Å². The smallest absolute Gasteiger partial charge is 0.358 e. The number of methoxy groups -OCH3 is 1. The Morgan fingerprint density at radius 2 is 2.05 bits per heavy atom. The summed E-state index contributed by atoms with van der Waals surface area (Å²) < 4.78 is 6.11. The molecule has 0 aromatic carbocycles. The molecule has 0 atom stereocenters. The summed E-state index contributed by atoms with van der Waals surface area (Å²) >= 11 is 1.39. The van der Waals surface area contributed by atoms with Crippen molar-refractivity contribution in [2.45, 2.75) is 13.8 Å². The highest BCUT2D eigenvalue weighted by Gasteiger charge is 2.23. The predicted octanol–water partition coefficient (Wildman–Crippen LogP) is 2.14. The highest BCUT2D eigenvalue weighted by Crippen LogP contribution is 2.23. The largest absolute Gasteiger partial charge is 0.464 e. The molecule has 0 saturated carbocycles. The minimum Gasteiger partial charge on any atom is -0.464 e. The third-order valence-corrected chi connectivity index (χ3v) is 3.80. The molecule has 2 aromatic rings. The molecule has 0 unspecified atom stereocenters. The average molecular weight is 293 g/mol. The zero-order valence-corrected chi connectivity index (χ0v) is 12.5. The highest BCUT2D eigenvalue weighted by atomic mass is 32.1. The maximum Gasteiger partial charge on any atom is 0.358 e. The molecule has 1 N–H and O–H groups in total. The first-order valence-corrected chi connectivity index (χ1v) is 6.75. The Morgan fingerprint density at radius 3 is 2.60 bits per heavy atom. The first kappa shape index (κ1) is 14.3. The van der Waals surface area contributed by atoms with Gasteiger partial charge in [-0.2, -0.15) is 5.10 Å². The molecule has 0 aliphatic carbocycles. The first-order chi connectivity index (χ1) is 9.43. The van der Waals surface area contributed by atoms with Crippen molar-refractivity contribution in [1.82, 2.24) is 9.78 Å². The molecule has 20 heavy (non-hydrogen) atoms. The van der Waals surface area contributed by atoms with Crippen molar-refractivity contribution >= 4 is 28.9 Å². The molecule has 2 heterocycles. The predicted molar refractivity (Wildman–Crippen MR) is 76.3 cm³/mol. The molecule has 2 rings (SSSR count). The maximum atomic E-state index is 12.2. The van der Waals surface area contributed by atoms with Crippen LogP contribution in [-0.4, -0.2) is 28.8 Å². The molecule has 0 fully saturated rings. The fourth-order valence-corrected chi connectivity index (χ4v) is 2.63. The van der Waals surface area contributed by atoms with Crippen LogP contribution in [0.2, 0.25) is 0 Å². The fraction of sp³-hybridized carbons (Fsp3) is 0.308. The van der Waals surface area contributed by atoms with E-state index in [1.165, 1.54) is 23.1 Å². The van der Waals surface area contributed by atoms with Crippen LogP contribution in [0.25, 0.3) is 0 Å². The van der Waals surface area contributed by atoms with Crippen molar-refractivity contribution in [2.75, 3.05) is 12.4 Å². The molecule has 0 aliphatic heterocycles. The van der Waals surface area contributed by atoms with Gasteiger partial charge in [-0.15, -0.1) is 11.3 Å². The zero-order valence-electron chi connectivity index (χ0n) is 11.7. The van der Waals surface area contributed by atoms with E-state index in [0.29, 0.717) is 16.3 Å². The number of nitrogens with one attached hydrogen (secondary N) is 1. The normalized spacial score (nSPS) is 10.4. The Kier molecular flexibility index (Phi) is 3.89. The summed E-state index contributed by atoms with van der Waals surface area (Å²) in [4.78, 5) is 25.6. The number of aryl methyl sites for hydroxylation is 3. The summed E-state index contributed by atoms with van der Waals surface area (Å²) in [6.07, 6.45) is 0. The number of anilines is 1. The Balaban J connectivity index is 2.34. The number of carbonyl (C=O) groups is 2. The molecule has 106 valence electrons. The number of hydrogen-bond acceptors (Lipinski definition) is 5. The Hall–Kier alpha value is -2.15. The Morgan fingerprint density at radius 1 is 1.35 bits per heavy atom. The minimum atomic E-state index is -0.536. The van der Waals surface area contributed by atoms with E-state index in [1.54, 1.807) is 20.0 Å². The van der Waals surface area contributed by atoms with Crippen molar-refractivity contribution in [3.63, 3.8) is 0 Å². The molecular weight excluding hydrogens is 278 g/mol. The van der Waals surface area contributed by atoms with Crippen LogP contribution in [0.3, 0.4) is 0 Å². The second-order valence-electron chi connectivity index (χ2n) is 4.29. The van der Waals surface area contributed by atoms with Gasteiger partial charge in [-0.3, -0.25) is 9.48 Å². The lowest BCUT2D eigenvalue weighted by molar-refractivity contribution is 0.0589. The van der Waals surface area contributed by atoms with Gasteiger partial charge < -0.3 is 10.1 Å². The second-order valence-corrected chi connectivity index (χ2v) is 5.58. The number of carbonyl (C=O) groups excluding carboxylic acids is 2. The molecule has 6 nitrogen and oxygen atoms in total. The molecule has 1 amide bonds. The summed E-state index contributed by atoms with van der Waals surface area (Å²) in [6.45, 7) is 3.65. The monoisotopic (exact) mass is 293 g/mol. The lowest BCUT2D eigenvalue weighted by Gasteiger charge is -2.06. The van der Waals surface area contributed by atoms with Gasteiger partial charge in [0.05, 0.1) is 23.4 Å². The van der Waals surface area contributed by atoms with Crippen molar-refractivity contribution in [3.8, 4) is 0 Å². The van der Waals surface area contributed by atoms with Crippen LogP contribution >= 0.6 is 11.3 Å². The molecule has 0 radical (unpaired) electrons. The van der Waals surface area contributed by atoms with Gasteiger partial charge in [-0.25, -0.2) is 4.79 Å².